The summed E-state index contributed by atoms with van der Waals surface area (Å²) in [7, 11) is 0. The summed E-state index contributed by atoms with van der Waals surface area (Å²) in [5.74, 6) is 2.73. The van der Waals surface area contributed by atoms with E-state index in [-0.39, 0.29) is 5.91 Å². The Morgan fingerprint density at radius 1 is 1.86 bits per heavy atom. The van der Waals surface area contributed by atoms with E-state index in [4.69, 9.17) is 0 Å². The molecule has 0 spiro atoms. The third kappa shape index (κ3) is 1.39. The van der Waals surface area contributed by atoms with Crippen molar-refractivity contribution in [1.82, 2.24) is 5.32 Å². The molecule has 0 aromatic heterocycles. The minimum atomic E-state index is 0.146. The average Bonchev–Trinajstić information content (AvgIpc) is 1.69. The van der Waals surface area contributed by atoms with Crippen molar-refractivity contribution in [3.63, 3.8) is 0 Å². The van der Waals surface area contributed by atoms with Crippen LogP contribution >= 0.6 is 11.8 Å². The van der Waals surface area contributed by atoms with Crippen LogP contribution in [0.3, 0.4) is 0 Å². The minimum absolute atomic E-state index is 0.146. The number of carbonyl (C=O) groups is 1. The molecular formula is C4H6NOS. The second-order valence-electron chi connectivity index (χ2n) is 1.28. The van der Waals surface area contributed by atoms with Crippen LogP contribution in [0, 0.1) is 5.75 Å². The summed E-state index contributed by atoms with van der Waals surface area (Å²) in [6.45, 7) is 0.726. The number of carbonyl (C=O) groups excluding carboxylic acids is 1. The van der Waals surface area contributed by atoms with Crippen LogP contribution in [-0.2, 0) is 4.79 Å². The molecule has 39 valence electrons. The van der Waals surface area contributed by atoms with Gasteiger partial charge in [-0.15, -0.1) is 11.8 Å². The minimum Gasteiger partial charge on any atom is -0.354 e. The summed E-state index contributed by atoms with van der Waals surface area (Å²) in [5, 5.41) is 2.67. The molecule has 1 N–H and O–H groups in total. The highest BCUT2D eigenvalue weighted by atomic mass is 32.2. The molecule has 1 aliphatic heterocycles. The van der Waals surface area contributed by atoms with E-state index in [1.807, 2.05) is 5.75 Å². The Balaban J connectivity index is 2.25. The van der Waals surface area contributed by atoms with Crippen molar-refractivity contribution in [2.75, 3.05) is 12.3 Å². The van der Waals surface area contributed by atoms with E-state index in [0.29, 0.717) is 5.75 Å². The number of rotatable bonds is 0. The van der Waals surface area contributed by atoms with Crippen LogP contribution in [0.2, 0.25) is 0 Å². The molecule has 0 aromatic rings. The maximum absolute atomic E-state index is 10.3. The van der Waals surface area contributed by atoms with Crippen molar-refractivity contribution in [2.45, 2.75) is 0 Å². The van der Waals surface area contributed by atoms with Gasteiger partial charge in [-0.05, 0) is 0 Å². The lowest BCUT2D eigenvalue weighted by atomic mass is 10.6. The smallest absolute Gasteiger partial charge is 0.230 e. The molecular weight excluding hydrogens is 110 g/mol. The van der Waals surface area contributed by atoms with Gasteiger partial charge in [0.15, 0.2) is 0 Å². The van der Waals surface area contributed by atoms with Crippen molar-refractivity contribution in [3.8, 4) is 0 Å². The first-order valence-electron chi connectivity index (χ1n) is 2.09. The summed E-state index contributed by atoms with van der Waals surface area (Å²) in [6.07, 6.45) is 0. The van der Waals surface area contributed by atoms with E-state index in [2.05, 4.69) is 5.32 Å². The molecule has 1 amide bonds. The van der Waals surface area contributed by atoms with Gasteiger partial charge in [-0.1, -0.05) is 0 Å². The van der Waals surface area contributed by atoms with Gasteiger partial charge < -0.3 is 5.32 Å². The number of hydrogen-bond acceptors (Lipinski definition) is 2. The van der Waals surface area contributed by atoms with E-state index >= 15 is 0 Å². The van der Waals surface area contributed by atoms with Crippen LogP contribution in [0.1, 0.15) is 0 Å². The first-order chi connectivity index (χ1) is 3.39. The monoisotopic (exact) mass is 116 g/mol. The third-order valence-corrected chi connectivity index (χ3v) is 1.55. The Morgan fingerprint density at radius 3 is 3.00 bits per heavy atom. The third-order valence-electron chi connectivity index (χ3n) is 0.715. The molecule has 1 rings (SSSR count). The van der Waals surface area contributed by atoms with E-state index < -0.39 is 0 Å². The molecule has 0 aromatic carbocycles. The van der Waals surface area contributed by atoms with Crippen molar-refractivity contribution >= 4 is 17.7 Å². The zero-order valence-electron chi connectivity index (χ0n) is 3.81. The molecule has 1 aliphatic rings. The van der Waals surface area contributed by atoms with Gasteiger partial charge in [0.2, 0.25) is 5.91 Å². The summed E-state index contributed by atoms with van der Waals surface area (Å²) >= 11 is 1.57. The number of thioether (sulfide) groups is 1. The molecule has 0 unspecified atom stereocenters. The van der Waals surface area contributed by atoms with E-state index in [1.165, 1.54) is 0 Å². The van der Waals surface area contributed by atoms with Crippen LogP contribution in [0.15, 0.2) is 0 Å². The topological polar surface area (TPSA) is 29.1 Å². The Bertz CT molecular complexity index is 75.8. The normalized spacial score (nSPS) is 21.4. The lowest BCUT2D eigenvalue weighted by Crippen LogP contribution is -2.29. The Kier molecular flexibility index (Phi) is 1.57. The van der Waals surface area contributed by atoms with Crippen molar-refractivity contribution < 1.29 is 4.79 Å². The molecule has 3 heteroatoms. The molecule has 2 nitrogen and oxygen atoms in total. The Hall–Kier alpha value is -0.180. The zero-order valence-corrected chi connectivity index (χ0v) is 4.62. The van der Waals surface area contributed by atoms with Gasteiger partial charge >= 0.3 is 0 Å². The van der Waals surface area contributed by atoms with E-state index in [9.17, 15) is 4.79 Å². The molecule has 0 aliphatic carbocycles. The van der Waals surface area contributed by atoms with Gasteiger partial charge in [0.05, 0.1) is 5.75 Å². The second-order valence-corrected chi connectivity index (χ2v) is 2.24. The summed E-state index contributed by atoms with van der Waals surface area (Å²) in [5.41, 5.74) is 0. The first-order valence-corrected chi connectivity index (χ1v) is 3.14. The Labute approximate surface area is 46.7 Å². The summed E-state index contributed by atoms with van der Waals surface area (Å²) in [4.78, 5) is 10.3. The fourth-order valence-electron chi connectivity index (χ4n) is 0.400. The quantitative estimate of drug-likeness (QED) is 0.483. The molecule has 0 bridgehead atoms. The molecule has 0 saturated carbocycles. The van der Waals surface area contributed by atoms with Gasteiger partial charge in [-0.3, -0.25) is 4.79 Å². The van der Waals surface area contributed by atoms with Crippen molar-refractivity contribution in [2.24, 2.45) is 0 Å². The highest BCUT2D eigenvalue weighted by Gasteiger charge is 2.04. The van der Waals surface area contributed by atoms with Crippen LogP contribution in [0.5, 0.6) is 0 Å². The van der Waals surface area contributed by atoms with Gasteiger partial charge in [-0.25, -0.2) is 0 Å². The predicted octanol–water partition coefficient (Wildman–Crippen LogP) is 0.0112. The van der Waals surface area contributed by atoms with E-state index in [0.717, 1.165) is 6.54 Å². The average molecular weight is 116 g/mol. The SMILES string of the molecule is O=C1CS[CH]CN1. The van der Waals surface area contributed by atoms with Crippen LogP contribution < -0.4 is 5.32 Å². The summed E-state index contributed by atoms with van der Waals surface area (Å²) < 4.78 is 0. The van der Waals surface area contributed by atoms with Crippen molar-refractivity contribution in [1.29, 1.82) is 0 Å². The van der Waals surface area contributed by atoms with Gasteiger partial charge in [-0.2, -0.15) is 0 Å². The fraction of sp³-hybridized carbons (Fsp3) is 0.500. The predicted molar refractivity (Wildman–Crippen MR) is 29.8 cm³/mol. The molecule has 1 saturated heterocycles. The maximum atomic E-state index is 10.3. The van der Waals surface area contributed by atoms with Crippen LogP contribution in [0.25, 0.3) is 0 Å². The summed E-state index contributed by atoms with van der Waals surface area (Å²) in [6, 6.07) is 0. The zero-order chi connectivity index (χ0) is 5.11. The molecule has 1 heterocycles. The second kappa shape index (κ2) is 2.21. The van der Waals surface area contributed by atoms with E-state index in [1.54, 1.807) is 11.8 Å². The fourth-order valence-corrected chi connectivity index (χ4v) is 0.973. The molecule has 1 radical (unpaired) electrons. The lowest BCUT2D eigenvalue weighted by Gasteiger charge is -2.08. The first kappa shape index (κ1) is 4.97. The van der Waals surface area contributed by atoms with Gasteiger partial charge in [0, 0.05) is 12.3 Å². The van der Waals surface area contributed by atoms with Crippen LogP contribution in [0.4, 0.5) is 0 Å². The Morgan fingerprint density at radius 2 is 2.71 bits per heavy atom. The van der Waals surface area contributed by atoms with Gasteiger partial charge in [0.25, 0.3) is 0 Å². The molecule has 1 fully saturated rings. The molecule has 7 heavy (non-hydrogen) atoms. The van der Waals surface area contributed by atoms with Crippen LogP contribution in [-0.4, -0.2) is 18.2 Å². The lowest BCUT2D eigenvalue weighted by molar-refractivity contribution is -0.118. The largest absolute Gasteiger partial charge is 0.354 e. The highest BCUT2D eigenvalue weighted by molar-refractivity contribution is 8.02. The van der Waals surface area contributed by atoms with Gasteiger partial charge in [0.1, 0.15) is 0 Å². The number of hydrogen-bond donors (Lipinski definition) is 1. The molecule has 0 atom stereocenters. The number of nitrogens with one attached hydrogen (secondary N) is 1. The maximum Gasteiger partial charge on any atom is 0.230 e. The standard InChI is InChI=1S/C4H6NOS/c6-4-3-7-2-1-5-4/h2H,1,3H2,(H,5,6). The highest BCUT2D eigenvalue weighted by Crippen LogP contribution is 2.06. The van der Waals surface area contributed by atoms with Crippen molar-refractivity contribution in [3.05, 3.63) is 5.75 Å². The number of amides is 1.